The summed E-state index contributed by atoms with van der Waals surface area (Å²) >= 11 is 0. The Labute approximate surface area is 130 Å². The van der Waals surface area contributed by atoms with Crippen molar-refractivity contribution in [1.82, 2.24) is 15.0 Å². The molecule has 114 valence electrons. The third kappa shape index (κ3) is 2.35. The summed E-state index contributed by atoms with van der Waals surface area (Å²) in [5, 5.41) is 0. The first kappa shape index (κ1) is 13.6. The lowest BCUT2D eigenvalue weighted by atomic mass is 10.1. The van der Waals surface area contributed by atoms with Crippen molar-refractivity contribution in [3.63, 3.8) is 0 Å². The van der Waals surface area contributed by atoms with Gasteiger partial charge in [-0.2, -0.15) is 0 Å². The molecule has 2 aromatic heterocycles. The van der Waals surface area contributed by atoms with Crippen LogP contribution in [0, 0.1) is 6.92 Å². The normalized spacial score (nSPS) is 19.5. The number of aromatic nitrogens is 3. The van der Waals surface area contributed by atoms with Crippen molar-refractivity contribution in [2.24, 2.45) is 5.73 Å². The molecule has 22 heavy (non-hydrogen) atoms. The molecule has 2 N–H and O–H groups in total. The van der Waals surface area contributed by atoms with Gasteiger partial charge in [-0.25, -0.2) is 4.98 Å². The number of hydrogen-bond acceptors (Lipinski definition) is 5. The fraction of sp³-hybridized carbons (Fsp3) is 0.471. The molecule has 2 aliphatic rings. The number of rotatable bonds is 2. The van der Waals surface area contributed by atoms with Crippen molar-refractivity contribution >= 4 is 11.5 Å². The molecule has 1 aliphatic heterocycles. The second-order valence-corrected chi connectivity index (χ2v) is 6.45. The molecule has 3 heterocycles. The highest BCUT2D eigenvalue weighted by Crippen LogP contribution is 2.43. The van der Waals surface area contributed by atoms with Crippen molar-refractivity contribution in [3.8, 4) is 0 Å². The van der Waals surface area contributed by atoms with Crippen LogP contribution in [0.5, 0.6) is 0 Å². The van der Waals surface area contributed by atoms with Crippen LogP contribution in [0.2, 0.25) is 0 Å². The lowest BCUT2D eigenvalue weighted by Crippen LogP contribution is -2.23. The minimum atomic E-state index is -0.171. The Balaban J connectivity index is 1.76. The smallest absolute Gasteiger partial charge is 0.151 e. The minimum Gasteiger partial charge on any atom is -0.323 e. The van der Waals surface area contributed by atoms with Crippen molar-refractivity contribution in [3.05, 3.63) is 41.6 Å². The zero-order valence-corrected chi connectivity index (χ0v) is 12.9. The summed E-state index contributed by atoms with van der Waals surface area (Å²) in [6, 6.07) is 4.26. The number of hydrogen-bond donors (Lipinski definition) is 1. The second-order valence-electron chi connectivity index (χ2n) is 6.45. The minimum absolute atomic E-state index is 0.171. The Morgan fingerprint density at radius 1 is 1.14 bits per heavy atom. The maximum Gasteiger partial charge on any atom is 0.151 e. The van der Waals surface area contributed by atoms with Crippen LogP contribution in [0.15, 0.2) is 24.5 Å². The summed E-state index contributed by atoms with van der Waals surface area (Å²) in [7, 11) is 0. The van der Waals surface area contributed by atoms with E-state index in [9.17, 15) is 0 Å². The van der Waals surface area contributed by atoms with E-state index in [1.165, 1.54) is 0 Å². The third-order valence-corrected chi connectivity index (χ3v) is 4.60. The lowest BCUT2D eigenvalue weighted by Gasteiger charge is -2.24. The van der Waals surface area contributed by atoms with Gasteiger partial charge in [0.05, 0.1) is 34.5 Å². The van der Waals surface area contributed by atoms with E-state index < -0.39 is 0 Å². The van der Waals surface area contributed by atoms with Gasteiger partial charge in [-0.05, 0) is 51.2 Å². The fourth-order valence-corrected chi connectivity index (χ4v) is 3.09. The number of pyridine rings is 1. The quantitative estimate of drug-likeness (QED) is 0.922. The molecule has 0 unspecified atom stereocenters. The van der Waals surface area contributed by atoms with Crippen LogP contribution in [0.25, 0.3) is 0 Å². The van der Waals surface area contributed by atoms with Gasteiger partial charge in [-0.3, -0.25) is 9.97 Å². The molecule has 1 saturated carbocycles. The number of fused-ring (bicyclic) bond motifs is 1. The van der Waals surface area contributed by atoms with Crippen molar-refractivity contribution in [2.45, 2.75) is 44.6 Å². The highest BCUT2D eigenvalue weighted by Gasteiger charge is 2.41. The predicted octanol–water partition coefficient (Wildman–Crippen LogP) is 2.60. The van der Waals surface area contributed by atoms with Gasteiger partial charge in [0.15, 0.2) is 5.82 Å². The Morgan fingerprint density at radius 2 is 2.00 bits per heavy atom. The highest BCUT2D eigenvalue weighted by atomic mass is 15.2. The van der Waals surface area contributed by atoms with E-state index in [0.717, 1.165) is 67.2 Å². The van der Waals surface area contributed by atoms with Crippen LogP contribution in [0.3, 0.4) is 0 Å². The van der Waals surface area contributed by atoms with Crippen LogP contribution in [-0.4, -0.2) is 21.5 Å². The zero-order chi connectivity index (χ0) is 15.2. The van der Waals surface area contributed by atoms with Gasteiger partial charge in [0.2, 0.25) is 0 Å². The molecule has 0 atom stereocenters. The Morgan fingerprint density at radius 3 is 2.77 bits per heavy atom. The van der Waals surface area contributed by atoms with Gasteiger partial charge >= 0.3 is 0 Å². The van der Waals surface area contributed by atoms with Gasteiger partial charge in [0.1, 0.15) is 0 Å². The van der Waals surface area contributed by atoms with Crippen LogP contribution in [0.4, 0.5) is 11.5 Å². The van der Waals surface area contributed by atoms with E-state index in [0.29, 0.717) is 0 Å². The molecule has 0 bridgehead atoms. The van der Waals surface area contributed by atoms with Crippen LogP contribution >= 0.6 is 0 Å². The molecule has 0 amide bonds. The average Bonchev–Trinajstić information content (AvgIpc) is 3.29. The van der Waals surface area contributed by atoms with Crippen LogP contribution in [0.1, 0.15) is 42.8 Å². The van der Waals surface area contributed by atoms with Gasteiger partial charge in [0.25, 0.3) is 0 Å². The van der Waals surface area contributed by atoms with Gasteiger partial charge in [0, 0.05) is 12.7 Å². The van der Waals surface area contributed by atoms with Gasteiger partial charge in [-0.15, -0.1) is 0 Å². The summed E-state index contributed by atoms with van der Waals surface area (Å²) in [5.41, 5.74) is 10.4. The maximum absolute atomic E-state index is 6.31. The Hall–Kier alpha value is -2.01. The predicted molar refractivity (Wildman–Crippen MR) is 86.0 cm³/mol. The van der Waals surface area contributed by atoms with E-state index in [2.05, 4.69) is 27.0 Å². The van der Waals surface area contributed by atoms with Gasteiger partial charge in [-0.1, -0.05) is 0 Å². The summed E-state index contributed by atoms with van der Waals surface area (Å²) in [6.45, 7) is 2.93. The average molecular weight is 295 g/mol. The van der Waals surface area contributed by atoms with Crippen molar-refractivity contribution in [1.29, 1.82) is 0 Å². The molecule has 5 heteroatoms. The van der Waals surface area contributed by atoms with E-state index in [1.807, 2.05) is 13.1 Å². The molecule has 1 aliphatic carbocycles. The van der Waals surface area contributed by atoms with Crippen molar-refractivity contribution in [2.75, 3.05) is 11.4 Å². The fourth-order valence-electron chi connectivity index (χ4n) is 3.09. The molecule has 5 nitrogen and oxygen atoms in total. The first-order valence-electron chi connectivity index (χ1n) is 8.01. The summed E-state index contributed by atoms with van der Waals surface area (Å²) in [5.74, 6) is 0.909. The monoisotopic (exact) mass is 295 g/mol. The van der Waals surface area contributed by atoms with Crippen LogP contribution in [-0.2, 0) is 12.0 Å². The number of nitrogens with two attached hydrogens (primary N) is 1. The van der Waals surface area contributed by atoms with E-state index in [1.54, 1.807) is 6.20 Å². The number of nitrogens with zero attached hydrogens (tertiary/aromatic N) is 4. The third-order valence-electron chi connectivity index (χ3n) is 4.60. The molecular formula is C17H21N5. The first-order valence-corrected chi connectivity index (χ1v) is 8.01. The lowest BCUT2D eigenvalue weighted by molar-refractivity contribution is 0.694. The van der Waals surface area contributed by atoms with Crippen molar-refractivity contribution < 1.29 is 0 Å². The first-order chi connectivity index (χ1) is 10.7. The SMILES string of the molecule is Cc1cncc(N2CCCCc3nc(C4(N)CC4)ccc32)n1. The van der Waals surface area contributed by atoms with Crippen LogP contribution < -0.4 is 10.6 Å². The highest BCUT2D eigenvalue weighted by molar-refractivity contribution is 5.63. The van der Waals surface area contributed by atoms with E-state index in [4.69, 9.17) is 10.7 Å². The molecule has 0 spiro atoms. The summed E-state index contributed by atoms with van der Waals surface area (Å²) < 4.78 is 0. The topological polar surface area (TPSA) is 67.9 Å². The molecule has 0 radical (unpaired) electrons. The molecule has 2 aromatic rings. The molecule has 0 aromatic carbocycles. The summed E-state index contributed by atoms with van der Waals surface area (Å²) in [4.78, 5) is 16.1. The summed E-state index contributed by atoms with van der Waals surface area (Å²) in [6.07, 6.45) is 9.01. The maximum atomic E-state index is 6.31. The number of aryl methyl sites for hydroxylation is 2. The largest absolute Gasteiger partial charge is 0.323 e. The Bertz CT molecular complexity index is 708. The number of anilines is 2. The standard InChI is InChI=1S/C17H21N5/c1-12-10-19-11-16(20-12)22-9-3-2-4-13-14(22)5-6-15(21-13)17(18)7-8-17/h5-6,10-11H,2-4,7-9,18H2,1H3. The second kappa shape index (κ2) is 5.02. The molecular weight excluding hydrogens is 274 g/mol. The van der Waals surface area contributed by atoms with E-state index >= 15 is 0 Å². The van der Waals surface area contributed by atoms with Gasteiger partial charge < -0.3 is 10.6 Å². The zero-order valence-electron chi connectivity index (χ0n) is 12.9. The molecule has 1 fully saturated rings. The molecule has 4 rings (SSSR count). The Kier molecular flexibility index (Phi) is 3.11. The molecule has 0 saturated heterocycles. The van der Waals surface area contributed by atoms with E-state index in [-0.39, 0.29) is 5.54 Å².